The predicted octanol–water partition coefficient (Wildman–Crippen LogP) is 0.422. The second kappa shape index (κ2) is 3.67. The van der Waals surface area contributed by atoms with Gasteiger partial charge in [-0.2, -0.15) is 0 Å². The van der Waals surface area contributed by atoms with Crippen molar-refractivity contribution in [3.8, 4) is 0 Å². The number of aliphatic hydroxyl groups is 2. The highest BCUT2D eigenvalue weighted by molar-refractivity contribution is 6.41. The average molecular weight is 225 g/mol. The molecule has 0 aromatic carbocycles. The first-order valence-corrected chi connectivity index (χ1v) is 4.07. The monoisotopic (exact) mass is 224 g/mol. The Labute approximate surface area is 83.7 Å². The van der Waals surface area contributed by atoms with Crippen molar-refractivity contribution < 1.29 is 20.1 Å². The summed E-state index contributed by atoms with van der Waals surface area (Å²) in [5.74, 6) is -1.34. The van der Waals surface area contributed by atoms with E-state index in [1.54, 1.807) is 0 Å². The molecule has 4 nitrogen and oxygen atoms in total. The summed E-state index contributed by atoms with van der Waals surface area (Å²) in [6, 6.07) is 0. The van der Waals surface area contributed by atoms with Crippen LogP contribution in [-0.4, -0.2) is 33.5 Å². The Hall–Kier alpha value is -0.550. The van der Waals surface area contributed by atoms with Crippen LogP contribution in [0.25, 0.3) is 0 Å². The summed E-state index contributed by atoms with van der Waals surface area (Å²) in [4.78, 5) is 10.5. The molecule has 1 rings (SSSR count). The van der Waals surface area contributed by atoms with Crippen LogP contribution in [0.4, 0.5) is 0 Å². The highest BCUT2D eigenvalue weighted by Gasteiger charge is 2.32. The summed E-state index contributed by atoms with van der Waals surface area (Å²) >= 11 is 11.0. The zero-order valence-corrected chi connectivity index (χ0v) is 7.75. The van der Waals surface area contributed by atoms with Crippen LogP contribution in [-0.2, 0) is 4.79 Å². The van der Waals surface area contributed by atoms with Gasteiger partial charge in [-0.05, 0) is 6.08 Å². The van der Waals surface area contributed by atoms with Crippen LogP contribution >= 0.6 is 23.2 Å². The second-order valence-corrected chi connectivity index (χ2v) is 3.30. The topological polar surface area (TPSA) is 77.8 Å². The molecule has 0 aromatic rings. The Kier molecular flexibility index (Phi) is 2.98. The van der Waals surface area contributed by atoms with Crippen molar-refractivity contribution in [1.29, 1.82) is 0 Å². The van der Waals surface area contributed by atoms with Crippen LogP contribution in [0.5, 0.6) is 0 Å². The molecule has 2 atom stereocenters. The van der Waals surface area contributed by atoms with E-state index in [-0.39, 0.29) is 15.6 Å². The summed E-state index contributed by atoms with van der Waals surface area (Å²) in [5.41, 5.74) is -0.373. The van der Waals surface area contributed by atoms with E-state index in [1.165, 1.54) is 0 Å². The Morgan fingerprint density at radius 1 is 1.31 bits per heavy atom. The summed E-state index contributed by atoms with van der Waals surface area (Å²) in [6.07, 6.45) is -1.98. The van der Waals surface area contributed by atoms with Gasteiger partial charge in [-0.15, -0.1) is 0 Å². The van der Waals surface area contributed by atoms with Crippen LogP contribution in [0.1, 0.15) is 0 Å². The molecule has 0 bridgehead atoms. The lowest BCUT2D eigenvalue weighted by Crippen LogP contribution is -2.34. The number of carboxylic acids is 1. The normalized spacial score (nSPS) is 28.8. The van der Waals surface area contributed by atoms with Gasteiger partial charge in [0.25, 0.3) is 0 Å². The Morgan fingerprint density at radius 3 is 2.31 bits per heavy atom. The van der Waals surface area contributed by atoms with Gasteiger partial charge in [0.1, 0.15) is 12.2 Å². The number of carbonyl (C=O) groups is 1. The molecule has 0 fully saturated rings. The predicted molar refractivity (Wildman–Crippen MR) is 46.5 cm³/mol. The molecule has 3 N–H and O–H groups in total. The smallest absolute Gasteiger partial charge is 0.334 e. The lowest BCUT2D eigenvalue weighted by Gasteiger charge is -2.22. The third-order valence-electron chi connectivity index (χ3n) is 1.63. The molecule has 6 heteroatoms. The molecule has 0 aliphatic heterocycles. The summed E-state index contributed by atoms with van der Waals surface area (Å²) < 4.78 is 0. The van der Waals surface area contributed by atoms with E-state index in [2.05, 4.69) is 0 Å². The number of halogens is 2. The first-order chi connectivity index (χ1) is 5.95. The Balaban J connectivity index is 3.12. The largest absolute Gasteiger partial charge is 0.478 e. The molecule has 0 saturated heterocycles. The van der Waals surface area contributed by atoms with Crippen molar-refractivity contribution in [2.45, 2.75) is 12.2 Å². The number of aliphatic hydroxyl groups excluding tert-OH is 2. The molecule has 1 aliphatic carbocycles. The van der Waals surface area contributed by atoms with Crippen LogP contribution < -0.4 is 0 Å². The highest BCUT2D eigenvalue weighted by atomic mass is 35.5. The molecule has 0 radical (unpaired) electrons. The van der Waals surface area contributed by atoms with Crippen LogP contribution in [0.3, 0.4) is 0 Å². The quantitative estimate of drug-likeness (QED) is 0.604. The lowest BCUT2D eigenvalue weighted by molar-refractivity contribution is -0.134. The van der Waals surface area contributed by atoms with Gasteiger partial charge >= 0.3 is 5.97 Å². The maximum atomic E-state index is 10.5. The van der Waals surface area contributed by atoms with E-state index in [4.69, 9.17) is 28.3 Å². The molecule has 72 valence electrons. The van der Waals surface area contributed by atoms with Gasteiger partial charge in [-0.25, -0.2) is 4.79 Å². The fraction of sp³-hybridized carbons (Fsp3) is 0.286. The van der Waals surface area contributed by atoms with Gasteiger partial charge in [0.05, 0.1) is 15.6 Å². The summed E-state index contributed by atoms with van der Waals surface area (Å²) in [5, 5.41) is 26.8. The Morgan fingerprint density at radius 2 is 1.85 bits per heavy atom. The van der Waals surface area contributed by atoms with E-state index in [1.807, 2.05) is 0 Å². The van der Waals surface area contributed by atoms with E-state index < -0.39 is 18.2 Å². The van der Waals surface area contributed by atoms with Crippen molar-refractivity contribution in [2.75, 3.05) is 0 Å². The van der Waals surface area contributed by atoms with Crippen LogP contribution in [0.15, 0.2) is 21.7 Å². The van der Waals surface area contributed by atoms with E-state index >= 15 is 0 Å². The standard InChI is InChI=1S/C7H6Cl2O4/c8-3-1-2(7(12)13)5(10)6(11)4(3)9/h1,5-6,10-11H,(H,12,13)/t5-,6-/m0/s1. The maximum Gasteiger partial charge on any atom is 0.334 e. The summed E-state index contributed by atoms with van der Waals surface area (Å²) in [7, 11) is 0. The highest BCUT2D eigenvalue weighted by Crippen LogP contribution is 2.29. The Bertz CT molecular complexity index is 308. The second-order valence-electron chi connectivity index (χ2n) is 2.49. The zero-order valence-electron chi connectivity index (χ0n) is 6.24. The van der Waals surface area contributed by atoms with Crippen molar-refractivity contribution in [1.82, 2.24) is 0 Å². The number of aliphatic carboxylic acids is 1. The number of allylic oxidation sites excluding steroid dienone is 2. The van der Waals surface area contributed by atoms with Crippen molar-refractivity contribution in [3.05, 3.63) is 21.7 Å². The number of hydrogen-bond donors (Lipinski definition) is 3. The van der Waals surface area contributed by atoms with Gasteiger partial charge in [-0.1, -0.05) is 23.2 Å². The zero-order chi connectivity index (χ0) is 10.2. The van der Waals surface area contributed by atoms with E-state index in [0.717, 1.165) is 6.08 Å². The molecular weight excluding hydrogens is 219 g/mol. The van der Waals surface area contributed by atoms with Gasteiger partial charge in [0, 0.05) is 0 Å². The first kappa shape index (κ1) is 10.5. The number of hydrogen-bond acceptors (Lipinski definition) is 3. The molecule has 0 unspecified atom stereocenters. The van der Waals surface area contributed by atoms with Crippen molar-refractivity contribution >= 4 is 29.2 Å². The van der Waals surface area contributed by atoms with Crippen LogP contribution in [0, 0.1) is 0 Å². The average Bonchev–Trinajstić information content (AvgIpc) is 2.07. The number of carboxylic acid groups (broad SMARTS) is 1. The molecule has 1 aliphatic rings. The van der Waals surface area contributed by atoms with Crippen molar-refractivity contribution in [2.24, 2.45) is 0 Å². The molecule has 0 saturated carbocycles. The van der Waals surface area contributed by atoms with Crippen LogP contribution in [0.2, 0.25) is 0 Å². The minimum atomic E-state index is -1.53. The maximum absolute atomic E-state index is 10.5. The minimum absolute atomic E-state index is 0.0723. The fourth-order valence-corrected chi connectivity index (χ4v) is 1.33. The lowest BCUT2D eigenvalue weighted by atomic mass is 9.99. The van der Waals surface area contributed by atoms with Gasteiger partial charge in [0.15, 0.2) is 0 Å². The first-order valence-electron chi connectivity index (χ1n) is 3.31. The van der Waals surface area contributed by atoms with E-state index in [9.17, 15) is 15.0 Å². The molecule has 13 heavy (non-hydrogen) atoms. The summed E-state index contributed by atoms with van der Waals surface area (Å²) in [6.45, 7) is 0. The molecule has 0 amide bonds. The van der Waals surface area contributed by atoms with Gasteiger partial charge in [0.2, 0.25) is 0 Å². The van der Waals surface area contributed by atoms with E-state index in [0.29, 0.717) is 0 Å². The molecular formula is C7H6Cl2O4. The SMILES string of the molecule is O=C(O)C1=CC(Cl)=C(Cl)[C@H](O)[C@H]1O. The third kappa shape index (κ3) is 1.86. The number of rotatable bonds is 1. The fourth-order valence-electron chi connectivity index (χ4n) is 0.929. The van der Waals surface area contributed by atoms with Gasteiger partial charge < -0.3 is 15.3 Å². The van der Waals surface area contributed by atoms with Crippen molar-refractivity contribution in [3.63, 3.8) is 0 Å². The minimum Gasteiger partial charge on any atom is -0.478 e. The molecule has 0 spiro atoms. The molecule has 0 heterocycles. The van der Waals surface area contributed by atoms with Gasteiger partial charge in [-0.3, -0.25) is 0 Å². The molecule has 0 aromatic heterocycles. The third-order valence-corrected chi connectivity index (χ3v) is 2.47.